The van der Waals surface area contributed by atoms with Crippen molar-refractivity contribution in [3.05, 3.63) is 71.6 Å². The van der Waals surface area contributed by atoms with Crippen LogP contribution in [-0.4, -0.2) is 37.9 Å². The molecule has 2 aromatic carbocycles. The first-order valence-electron chi connectivity index (χ1n) is 10.4. The van der Waals surface area contributed by atoms with Crippen molar-refractivity contribution < 1.29 is 28.2 Å². The van der Waals surface area contributed by atoms with Crippen LogP contribution in [0, 0.1) is 6.92 Å². The van der Waals surface area contributed by atoms with Crippen LogP contribution >= 0.6 is 0 Å². The van der Waals surface area contributed by atoms with Crippen molar-refractivity contribution in [1.82, 2.24) is 4.98 Å². The zero-order chi connectivity index (χ0) is 22.8. The molecule has 0 saturated carbocycles. The molecule has 3 rings (SSSR count). The number of hydrogen-bond acceptors (Lipinski definition) is 7. The number of oxazole rings is 1. The fourth-order valence-corrected chi connectivity index (χ4v) is 2.87. The fraction of sp³-hybridized carbons (Fsp3) is 0.280. The third-order valence-corrected chi connectivity index (χ3v) is 4.50. The first-order chi connectivity index (χ1) is 15.6. The molecule has 7 heteroatoms. The highest BCUT2D eigenvalue weighted by atomic mass is 16.5. The van der Waals surface area contributed by atoms with Crippen molar-refractivity contribution in [3.8, 4) is 23.0 Å². The van der Waals surface area contributed by atoms with E-state index in [4.69, 9.17) is 23.4 Å². The van der Waals surface area contributed by atoms with Gasteiger partial charge >= 0.3 is 5.97 Å². The molecule has 7 nitrogen and oxygen atoms in total. The molecule has 0 aliphatic rings. The van der Waals surface area contributed by atoms with Crippen LogP contribution in [-0.2, 0) is 20.9 Å². The van der Waals surface area contributed by atoms with Gasteiger partial charge in [0.05, 0.1) is 13.2 Å². The summed E-state index contributed by atoms with van der Waals surface area (Å²) in [6, 6.07) is 15.1. The first-order valence-corrected chi connectivity index (χ1v) is 10.4. The quantitative estimate of drug-likeness (QED) is 0.241. The van der Waals surface area contributed by atoms with E-state index in [0.717, 1.165) is 5.56 Å². The van der Waals surface area contributed by atoms with Gasteiger partial charge in [0.25, 0.3) is 0 Å². The van der Waals surface area contributed by atoms with Gasteiger partial charge in [0, 0.05) is 30.4 Å². The third kappa shape index (κ3) is 6.46. The highest BCUT2D eigenvalue weighted by Gasteiger charge is 2.13. The van der Waals surface area contributed by atoms with Crippen LogP contribution in [0.3, 0.4) is 0 Å². The molecule has 1 aromatic heterocycles. The number of aryl methyl sites for hydroxylation is 1. The molecule has 1 heterocycles. The molecule has 0 spiro atoms. The normalized spacial score (nSPS) is 11.0. The summed E-state index contributed by atoms with van der Waals surface area (Å²) >= 11 is 0. The molecule has 32 heavy (non-hydrogen) atoms. The zero-order valence-electron chi connectivity index (χ0n) is 18.5. The summed E-state index contributed by atoms with van der Waals surface area (Å²) in [5, 5.41) is 0. The van der Waals surface area contributed by atoms with Gasteiger partial charge in [-0.25, -0.2) is 9.78 Å². The SMILES string of the molecule is CCOC(=O)C=Cc1ccc(OCCOC)cc1OCc1nc(-c2ccccc2)oc1C. The third-order valence-electron chi connectivity index (χ3n) is 4.50. The lowest BCUT2D eigenvalue weighted by Gasteiger charge is -2.12. The average molecular weight is 437 g/mol. The smallest absolute Gasteiger partial charge is 0.330 e. The molecule has 0 fully saturated rings. The molecule has 0 unspecified atom stereocenters. The van der Waals surface area contributed by atoms with E-state index in [2.05, 4.69) is 4.98 Å². The summed E-state index contributed by atoms with van der Waals surface area (Å²) in [5.74, 6) is 1.98. The number of hydrogen-bond donors (Lipinski definition) is 0. The Balaban J connectivity index is 1.79. The molecule has 168 valence electrons. The van der Waals surface area contributed by atoms with Crippen LogP contribution in [0.2, 0.25) is 0 Å². The van der Waals surface area contributed by atoms with E-state index in [9.17, 15) is 4.79 Å². The average Bonchev–Trinajstić information content (AvgIpc) is 3.18. The highest BCUT2D eigenvalue weighted by Crippen LogP contribution is 2.28. The van der Waals surface area contributed by atoms with E-state index in [1.54, 1.807) is 26.2 Å². The minimum atomic E-state index is -0.418. The molecule has 0 aliphatic carbocycles. The van der Waals surface area contributed by atoms with Crippen LogP contribution < -0.4 is 9.47 Å². The van der Waals surface area contributed by atoms with Crippen molar-refractivity contribution in [2.45, 2.75) is 20.5 Å². The van der Waals surface area contributed by atoms with E-state index in [1.807, 2.05) is 49.4 Å². The largest absolute Gasteiger partial charge is 0.491 e. The number of rotatable bonds is 11. The minimum Gasteiger partial charge on any atom is -0.491 e. The van der Waals surface area contributed by atoms with Gasteiger partial charge < -0.3 is 23.4 Å². The lowest BCUT2D eigenvalue weighted by Crippen LogP contribution is -2.05. The summed E-state index contributed by atoms with van der Waals surface area (Å²) in [6.07, 6.45) is 3.02. The number of methoxy groups -OCH3 is 1. The van der Waals surface area contributed by atoms with Gasteiger partial charge in [0.2, 0.25) is 5.89 Å². The molecule has 3 aromatic rings. The minimum absolute atomic E-state index is 0.198. The van der Waals surface area contributed by atoms with Crippen molar-refractivity contribution in [2.24, 2.45) is 0 Å². The van der Waals surface area contributed by atoms with E-state index in [0.29, 0.717) is 54.2 Å². The van der Waals surface area contributed by atoms with Crippen LogP contribution in [0.4, 0.5) is 0 Å². The summed E-state index contributed by atoms with van der Waals surface area (Å²) in [5.41, 5.74) is 2.30. The van der Waals surface area contributed by atoms with E-state index in [1.165, 1.54) is 6.08 Å². The second kappa shape index (κ2) is 11.7. The van der Waals surface area contributed by atoms with Gasteiger partial charge in [-0.15, -0.1) is 0 Å². The van der Waals surface area contributed by atoms with Gasteiger partial charge in [-0.05, 0) is 44.2 Å². The summed E-state index contributed by atoms with van der Waals surface area (Å²) in [6.45, 7) is 5.01. The second-order valence-electron chi connectivity index (χ2n) is 6.80. The maximum absolute atomic E-state index is 11.7. The van der Waals surface area contributed by atoms with E-state index >= 15 is 0 Å². The molecular formula is C25H27NO6. The zero-order valence-corrected chi connectivity index (χ0v) is 18.5. The Morgan fingerprint density at radius 1 is 1.09 bits per heavy atom. The molecule has 0 atom stereocenters. The maximum atomic E-state index is 11.7. The fourth-order valence-electron chi connectivity index (χ4n) is 2.87. The van der Waals surface area contributed by atoms with Crippen LogP contribution in [0.5, 0.6) is 11.5 Å². The lowest BCUT2D eigenvalue weighted by molar-refractivity contribution is -0.137. The maximum Gasteiger partial charge on any atom is 0.330 e. The van der Waals surface area contributed by atoms with Crippen molar-refractivity contribution in [2.75, 3.05) is 26.9 Å². The summed E-state index contributed by atoms with van der Waals surface area (Å²) in [7, 11) is 1.62. The van der Waals surface area contributed by atoms with Gasteiger partial charge in [-0.2, -0.15) is 0 Å². The first kappa shape index (κ1) is 23.1. The second-order valence-corrected chi connectivity index (χ2v) is 6.80. The monoisotopic (exact) mass is 437 g/mol. The lowest BCUT2D eigenvalue weighted by atomic mass is 10.1. The van der Waals surface area contributed by atoms with E-state index in [-0.39, 0.29) is 6.61 Å². The van der Waals surface area contributed by atoms with Gasteiger partial charge in [-0.3, -0.25) is 0 Å². The Hall–Kier alpha value is -3.58. The van der Waals surface area contributed by atoms with Gasteiger partial charge in [-0.1, -0.05) is 18.2 Å². The van der Waals surface area contributed by atoms with Gasteiger partial charge in [0.1, 0.15) is 36.2 Å². The molecular weight excluding hydrogens is 410 g/mol. The summed E-state index contributed by atoms with van der Waals surface area (Å²) in [4.78, 5) is 16.3. The predicted molar refractivity (Wildman–Crippen MR) is 120 cm³/mol. The Morgan fingerprint density at radius 2 is 1.91 bits per heavy atom. The summed E-state index contributed by atoms with van der Waals surface area (Å²) < 4.78 is 27.5. The Morgan fingerprint density at radius 3 is 2.66 bits per heavy atom. The van der Waals surface area contributed by atoms with Crippen molar-refractivity contribution in [3.63, 3.8) is 0 Å². The standard InChI is InChI=1S/C25H27NO6/c1-4-29-24(27)13-11-19-10-12-21(30-15-14-28-3)16-23(19)31-17-22-18(2)32-25(26-22)20-8-6-5-7-9-20/h5-13,16H,4,14-15,17H2,1-3H3. The predicted octanol–water partition coefficient (Wildman–Crippen LogP) is 4.83. The number of aromatic nitrogens is 1. The highest BCUT2D eigenvalue weighted by molar-refractivity contribution is 5.87. The molecule has 0 bridgehead atoms. The number of nitrogens with zero attached hydrogens (tertiary/aromatic N) is 1. The molecule has 0 N–H and O–H groups in total. The topological polar surface area (TPSA) is 80.0 Å². The van der Waals surface area contributed by atoms with Crippen molar-refractivity contribution >= 4 is 12.0 Å². The Bertz CT molecular complexity index is 1040. The van der Waals surface area contributed by atoms with Crippen LogP contribution in [0.1, 0.15) is 23.9 Å². The number of esters is 1. The number of carbonyl (C=O) groups excluding carboxylic acids is 1. The molecule has 0 saturated heterocycles. The number of carbonyl (C=O) groups is 1. The van der Waals surface area contributed by atoms with Crippen LogP contribution in [0.25, 0.3) is 17.5 Å². The Labute approximate surface area is 187 Å². The molecule has 0 aliphatic heterocycles. The van der Waals surface area contributed by atoms with Gasteiger partial charge in [0.15, 0.2) is 0 Å². The molecule has 0 radical (unpaired) electrons. The van der Waals surface area contributed by atoms with Crippen LogP contribution in [0.15, 0.2) is 59.0 Å². The number of ether oxygens (including phenoxy) is 4. The Kier molecular flexibility index (Phi) is 8.45. The number of benzene rings is 2. The van der Waals surface area contributed by atoms with E-state index < -0.39 is 5.97 Å². The van der Waals surface area contributed by atoms with Crippen molar-refractivity contribution in [1.29, 1.82) is 0 Å². The molecule has 0 amide bonds.